The summed E-state index contributed by atoms with van der Waals surface area (Å²) in [6.45, 7) is 3.73. The van der Waals surface area contributed by atoms with Crippen molar-refractivity contribution in [2.75, 3.05) is 6.54 Å². The van der Waals surface area contributed by atoms with E-state index in [1.165, 1.54) is 0 Å². The van der Waals surface area contributed by atoms with E-state index >= 15 is 0 Å². The lowest BCUT2D eigenvalue weighted by Gasteiger charge is -2.35. The average molecular weight is 282 g/mol. The summed E-state index contributed by atoms with van der Waals surface area (Å²) in [5, 5.41) is 9.77. The van der Waals surface area contributed by atoms with Gasteiger partial charge < -0.3 is 5.11 Å². The first kappa shape index (κ1) is 14.4. The van der Waals surface area contributed by atoms with Crippen molar-refractivity contribution in [3.05, 3.63) is 34.3 Å². The van der Waals surface area contributed by atoms with Gasteiger partial charge in [-0.05, 0) is 43.5 Å². The molecule has 1 fully saturated rings. The van der Waals surface area contributed by atoms with Crippen molar-refractivity contribution in [2.45, 2.75) is 45.2 Å². The highest BCUT2D eigenvalue weighted by Gasteiger charge is 2.24. The third kappa shape index (κ3) is 3.95. The summed E-state index contributed by atoms with van der Waals surface area (Å²) in [5.41, 5.74) is 2.24. The van der Waals surface area contributed by atoms with Crippen LogP contribution in [0.2, 0.25) is 5.02 Å². The van der Waals surface area contributed by atoms with Gasteiger partial charge in [-0.3, -0.25) is 9.69 Å². The van der Waals surface area contributed by atoms with Crippen LogP contribution in [0.4, 0.5) is 0 Å². The molecule has 0 radical (unpaired) electrons. The van der Waals surface area contributed by atoms with Crippen molar-refractivity contribution in [3.63, 3.8) is 0 Å². The van der Waals surface area contributed by atoms with Crippen molar-refractivity contribution in [1.29, 1.82) is 0 Å². The van der Waals surface area contributed by atoms with Crippen molar-refractivity contribution in [2.24, 2.45) is 0 Å². The van der Waals surface area contributed by atoms with Crippen molar-refractivity contribution >= 4 is 17.6 Å². The third-order valence-electron chi connectivity index (χ3n) is 3.74. The molecule has 1 aliphatic rings. The largest absolute Gasteiger partial charge is 0.481 e. The van der Waals surface area contributed by atoms with E-state index in [0.29, 0.717) is 0 Å². The molecule has 1 aromatic rings. The molecule has 0 bridgehead atoms. The van der Waals surface area contributed by atoms with Gasteiger partial charge in [-0.25, -0.2) is 0 Å². The second-order valence-electron chi connectivity index (χ2n) is 5.31. The molecule has 1 N–H and O–H groups in total. The highest BCUT2D eigenvalue weighted by Crippen LogP contribution is 2.25. The highest BCUT2D eigenvalue weighted by molar-refractivity contribution is 6.31. The first-order valence-corrected chi connectivity index (χ1v) is 7.15. The number of nitrogens with zero attached hydrogens (tertiary/aromatic N) is 1. The molecule has 1 unspecified atom stereocenters. The number of carboxylic acid groups (broad SMARTS) is 1. The standard InChI is InChI=1S/C15H20ClNO2/c1-11-5-6-12(14(16)8-11)10-17-7-3-2-4-13(17)9-15(18)19/h5-6,8,13H,2-4,7,9-10H2,1H3,(H,18,19). The topological polar surface area (TPSA) is 40.5 Å². The number of benzene rings is 1. The molecule has 19 heavy (non-hydrogen) atoms. The van der Waals surface area contributed by atoms with Crippen LogP contribution >= 0.6 is 11.6 Å². The number of carboxylic acids is 1. The molecule has 1 atom stereocenters. The van der Waals surface area contributed by atoms with Crippen LogP contribution in [-0.2, 0) is 11.3 Å². The first-order chi connectivity index (χ1) is 9.06. The van der Waals surface area contributed by atoms with Gasteiger partial charge >= 0.3 is 5.97 Å². The SMILES string of the molecule is Cc1ccc(CN2CCCCC2CC(=O)O)c(Cl)c1. The van der Waals surface area contributed by atoms with Crippen molar-refractivity contribution in [1.82, 2.24) is 4.90 Å². The fourth-order valence-corrected chi connectivity index (χ4v) is 3.00. The number of hydrogen-bond acceptors (Lipinski definition) is 2. The zero-order valence-corrected chi connectivity index (χ0v) is 12.0. The van der Waals surface area contributed by atoms with E-state index in [1.54, 1.807) is 0 Å². The normalized spacial score (nSPS) is 20.4. The van der Waals surface area contributed by atoms with Crippen LogP contribution in [0.15, 0.2) is 18.2 Å². The van der Waals surface area contributed by atoms with Gasteiger partial charge in [0.15, 0.2) is 0 Å². The fraction of sp³-hybridized carbons (Fsp3) is 0.533. The second kappa shape index (κ2) is 6.40. The number of hydrogen-bond donors (Lipinski definition) is 1. The maximum atomic E-state index is 10.9. The predicted molar refractivity (Wildman–Crippen MR) is 76.5 cm³/mol. The van der Waals surface area contributed by atoms with E-state index in [1.807, 2.05) is 19.1 Å². The Morgan fingerprint density at radius 2 is 2.26 bits per heavy atom. The molecule has 1 heterocycles. The van der Waals surface area contributed by atoms with E-state index in [9.17, 15) is 4.79 Å². The molecule has 0 spiro atoms. The molecule has 0 aliphatic carbocycles. The Hall–Kier alpha value is -1.06. The number of halogens is 1. The van der Waals surface area contributed by atoms with Gasteiger partial charge in [0.25, 0.3) is 0 Å². The van der Waals surface area contributed by atoms with Gasteiger partial charge in [0.1, 0.15) is 0 Å². The molecular weight excluding hydrogens is 262 g/mol. The van der Waals surface area contributed by atoms with Crippen LogP contribution in [-0.4, -0.2) is 28.6 Å². The summed E-state index contributed by atoms with van der Waals surface area (Å²) in [5.74, 6) is -0.716. The molecule has 2 rings (SSSR count). The Kier molecular flexibility index (Phi) is 4.83. The summed E-state index contributed by atoms with van der Waals surface area (Å²) in [6, 6.07) is 6.21. The predicted octanol–water partition coefficient (Wildman–Crippen LogP) is 3.48. The molecule has 104 valence electrons. The molecule has 1 aromatic carbocycles. The lowest BCUT2D eigenvalue weighted by molar-refractivity contribution is -0.138. The number of aryl methyl sites for hydroxylation is 1. The first-order valence-electron chi connectivity index (χ1n) is 6.77. The van der Waals surface area contributed by atoms with Crippen molar-refractivity contribution < 1.29 is 9.90 Å². The second-order valence-corrected chi connectivity index (χ2v) is 5.72. The molecule has 0 aromatic heterocycles. The van der Waals surface area contributed by atoms with Crippen LogP contribution in [0.1, 0.15) is 36.8 Å². The summed E-state index contributed by atoms with van der Waals surface area (Å²) >= 11 is 6.26. The fourth-order valence-electron chi connectivity index (χ4n) is 2.70. The average Bonchev–Trinajstić information content (AvgIpc) is 2.34. The Morgan fingerprint density at radius 1 is 1.47 bits per heavy atom. The lowest BCUT2D eigenvalue weighted by atomic mass is 9.98. The minimum absolute atomic E-state index is 0.142. The van der Waals surface area contributed by atoms with Gasteiger partial charge in [0, 0.05) is 17.6 Å². The van der Waals surface area contributed by atoms with Gasteiger partial charge in [-0.1, -0.05) is 30.2 Å². The quantitative estimate of drug-likeness (QED) is 0.919. The van der Waals surface area contributed by atoms with Gasteiger partial charge in [-0.15, -0.1) is 0 Å². The monoisotopic (exact) mass is 281 g/mol. The molecule has 3 nitrogen and oxygen atoms in total. The van der Waals surface area contributed by atoms with Gasteiger partial charge in [-0.2, -0.15) is 0 Å². The number of likely N-dealkylation sites (tertiary alicyclic amines) is 1. The Morgan fingerprint density at radius 3 is 2.95 bits per heavy atom. The van der Waals surface area contributed by atoms with Gasteiger partial charge in [0.05, 0.1) is 6.42 Å². The lowest BCUT2D eigenvalue weighted by Crippen LogP contribution is -2.40. The number of piperidine rings is 1. The number of rotatable bonds is 4. The van der Waals surface area contributed by atoms with Crippen LogP contribution in [0.3, 0.4) is 0 Å². The molecular formula is C15H20ClNO2. The molecule has 1 saturated heterocycles. The smallest absolute Gasteiger partial charge is 0.304 e. The minimum atomic E-state index is -0.716. The van der Waals surface area contributed by atoms with Crippen LogP contribution in [0.5, 0.6) is 0 Å². The van der Waals surface area contributed by atoms with E-state index in [0.717, 1.165) is 48.5 Å². The molecule has 0 saturated carbocycles. The van der Waals surface area contributed by atoms with E-state index in [4.69, 9.17) is 16.7 Å². The summed E-state index contributed by atoms with van der Waals surface area (Å²) in [7, 11) is 0. The van der Waals surface area contributed by atoms with Crippen LogP contribution in [0, 0.1) is 6.92 Å². The maximum absolute atomic E-state index is 10.9. The zero-order valence-electron chi connectivity index (χ0n) is 11.2. The van der Waals surface area contributed by atoms with E-state index in [2.05, 4.69) is 11.0 Å². The third-order valence-corrected chi connectivity index (χ3v) is 4.09. The summed E-state index contributed by atoms with van der Waals surface area (Å²) in [6.07, 6.45) is 3.45. The highest BCUT2D eigenvalue weighted by atomic mass is 35.5. The van der Waals surface area contributed by atoms with Crippen LogP contribution in [0.25, 0.3) is 0 Å². The molecule has 0 amide bonds. The minimum Gasteiger partial charge on any atom is -0.481 e. The summed E-state index contributed by atoms with van der Waals surface area (Å²) < 4.78 is 0. The van der Waals surface area contributed by atoms with Crippen LogP contribution < -0.4 is 0 Å². The Labute approximate surface area is 119 Å². The molecule has 4 heteroatoms. The Balaban J connectivity index is 2.08. The van der Waals surface area contributed by atoms with Gasteiger partial charge in [0.2, 0.25) is 0 Å². The zero-order chi connectivity index (χ0) is 13.8. The van der Waals surface area contributed by atoms with E-state index < -0.39 is 5.97 Å². The number of carbonyl (C=O) groups is 1. The summed E-state index contributed by atoms with van der Waals surface area (Å²) in [4.78, 5) is 13.2. The van der Waals surface area contributed by atoms with Crippen molar-refractivity contribution in [3.8, 4) is 0 Å². The molecule has 1 aliphatic heterocycles. The number of aliphatic carboxylic acids is 1. The van der Waals surface area contributed by atoms with E-state index in [-0.39, 0.29) is 12.5 Å². The maximum Gasteiger partial charge on any atom is 0.304 e. The Bertz CT molecular complexity index is 461.